The highest BCUT2D eigenvalue weighted by atomic mass is 79.9. The summed E-state index contributed by atoms with van der Waals surface area (Å²) in [5.41, 5.74) is 3.30. The molecule has 0 fully saturated rings. The van der Waals surface area contributed by atoms with Gasteiger partial charge in [0.15, 0.2) is 6.61 Å². The SMILES string of the molecule is CCCNC(=O)[C@H](C)N(Cc1ccc(C)cc1)C(=O)COc1ccc(CC)cc1Br. The fourth-order valence-electron chi connectivity index (χ4n) is 2.97. The lowest BCUT2D eigenvalue weighted by atomic mass is 10.1. The minimum absolute atomic E-state index is 0.138. The minimum atomic E-state index is -0.597. The summed E-state index contributed by atoms with van der Waals surface area (Å²) in [5, 5.41) is 2.88. The highest BCUT2D eigenvalue weighted by Crippen LogP contribution is 2.26. The van der Waals surface area contributed by atoms with Crippen molar-refractivity contribution in [1.29, 1.82) is 0 Å². The molecule has 6 heteroatoms. The number of carbonyl (C=O) groups is 2. The molecule has 0 spiro atoms. The van der Waals surface area contributed by atoms with Crippen molar-refractivity contribution in [3.8, 4) is 5.75 Å². The van der Waals surface area contributed by atoms with Crippen LogP contribution < -0.4 is 10.1 Å². The number of nitrogens with zero attached hydrogens (tertiary/aromatic N) is 1. The third kappa shape index (κ3) is 6.87. The molecule has 0 bridgehead atoms. The molecule has 0 saturated carbocycles. The molecule has 2 aromatic rings. The fraction of sp³-hybridized carbons (Fsp3) is 0.417. The standard InChI is InChI=1S/C24H31BrN2O3/c1-5-13-26-24(29)18(4)27(15-20-9-7-17(3)8-10-20)23(28)16-30-22-12-11-19(6-2)14-21(22)25/h7-12,14,18H,5-6,13,15-16H2,1-4H3,(H,26,29)/t18-/m0/s1. The largest absolute Gasteiger partial charge is 0.483 e. The third-order valence-electron chi connectivity index (χ3n) is 4.95. The number of nitrogens with one attached hydrogen (secondary N) is 1. The van der Waals surface area contributed by atoms with Gasteiger partial charge in [-0.25, -0.2) is 0 Å². The molecular formula is C24H31BrN2O3. The van der Waals surface area contributed by atoms with E-state index in [1.54, 1.807) is 11.8 Å². The van der Waals surface area contributed by atoms with Gasteiger partial charge in [-0.05, 0) is 65.9 Å². The molecule has 0 aromatic heterocycles. The van der Waals surface area contributed by atoms with Crippen LogP contribution in [0, 0.1) is 6.92 Å². The number of halogens is 1. The smallest absolute Gasteiger partial charge is 0.261 e. The van der Waals surface area contributed by atoms with E-state index in [-0.39, 0.29) is 18.4 Å². The van der Waals surface area contributed by atoms with E-state index in [0.29, 0.717) is 18.8 Å². The van der Waals surface area contributed by atoms with E-state index in [9.17, 15) is 9.59 Å². The first-order valence-corrected chi connectivity index (χ1v) is 11.2. The van der Waals surface area contributed by atoms with Crippen LogP contribution in [0.2, 0.25) is 0 Å². The van der Waals surface area contributed by atoms with E-state index in [0.717, 1.165) is 28.4 Å². The Kier molecular flexibility index (Phi) is 9.37. The summed E-state index contributed by atoms with van der Waals surface area (Å²) >= 11 is 3.50. The van der Waals surface area contributed by atoms with Gasteiger partial charge in [-0.15, -0.1) is 0 Å². The van der Waals surface area contributed by atoms with Crippen LogP contribution in [0.3, 0.4) is 0 Å². The van der Waals surface area contributed by atoms with E-state index in [2.05, 4.69) is 28.2 Å². The summed E-state index contributed by atoms with van der Waals surface area (Å²) in [7, 11) is 0. The Morgan fingerprint density at radius 2 is 1.77 bits per heavy atom. The summed E-state index contributed by atoms with van der Waals surface area (Å²) in [6.45, 7) is 8.64. The molecule has 5 nitrogen and oxygen atoms in total. The van der Waals surface area contributed by atoms with Crippen molar-refractivity contribution in [3.63, 3.8) is 0 Å². The van der Waals surface area contributed by atoms with Gasteiger partial charge in [-0.1, -0.05) is 49.7 Å². The molecule has 0 saturated heterocycles. The maximum absolute atomic E-state index is 13.0. The number of benzene rings is 2. The average Bonchev–Trinajstić information content (AvgIpc) is 2.75. The van der Waals surface area contributed by atoms with Gasteiger partial charge in [0.05, 0.1) is 4.47 Å². The number of aryl methyl sites for hydroxylation is 2. The molecule has 2 rings (SSSR count). The summed E-state index contributed by atoms with van der Waals surface area (Å²) < 4.78 is 6.59. The minimum Gasteiger partial charge on any atom is -0.483 e. The van der Waals surface area contributed by atoms with Crippen molar-refractivity contribution in [2.75, 3.05) is 13.2 Å². The summed E-state index contributed by atoms with van der Waals surface area (Å²) in [5.74, 6) is 0.214. The second-order valence-electron chi connectivity index (χ2n) is 7.38. The van der Waals surface area contributed by atoms with Crippen molar-refractivity contribution in [2.45, 2.75) is 53.1 Å². The van der Waals surface area contributed by atoms with Crippen LogP contribution in [0.5, 0.6) is 5.75 Å². The summed E-state index contributed by atoms with van der Waals surface area (Å²) in [6.07, 6.45) is 1.77. The maximum Gasteiger partial charge on any atom is 0.261 e. The lowest BCUT2D eigenvalue weighted by Crippen LogP contribution is -2.49. The average molecular weight is 475 g/mol. The van der Waals surface area contributed by atoms with Crippen molar-refractivity contribution in [1.82, 2.24) is 10.2 Å². The first kappa shape index (κ1) is 23.9. The van der Waals surface area contributed by atoms with Gasteiger partial charge in [0.1, 0.15) is 11.8 Å². The van der Waals surface area contributed by atoms with Gasteiger partial charge in [0.25, 0.3) is 5.91 Å². The maximum atomic E-state index is 13.0. The number of amides is 2. The number of carbonyl (C=O) groups excluding carboxylic acids is 2. The Hall–Kier alpha value is -2.34. The second-order valence-corrected chi connectivity index (χ2v) is 8.24. The zero-order valence-corrected chi connectivity index (χ0v) is 19.8. The molecule has 2 aromatic carbocycles. The second kappa shape index (κ2) is 11.7. The molecule has 0 aliphatic carbocycles. The van der Waals surface area contributed by atoms with Crippen molar-refractivity contribution in [3.05, 3.63) is 63.6 Å². The van der Waals surface area contributed by atoms with Gasteiger partial charge in [0.2, 0.25) is 5.91 Å². The predicted octanol–water partition coefficient (Wildman–Crippen LogP) is 4.64. The molecule has 1 atom stereocenters. The monoisotopic (exact) mass is 474 g/mol. The topological polar surface area (TPSA) is 58.6 Å². The third-order valence-corrected chi connectivity index (χ3v) is 5.57. The number of hydrogen-bond acceptors (Lipinski definition) is 3. The Morgan fingerprint density at radius 1 is 1.10 bits per heavy atom. The number of hydrogen-bond donors (Lipinski definition) is 1. The van der Waals surface area contributed by atoms with Crippen molar-refractivity contribution < 1.29 is 14.3 Å². The quantitative estimate of drug-likeness (QED) is 0.545. The van der Waals surface area contributed by atoms with E-state index >= 15 is 0 Å². The van der Waals surface area contributed by atoms with Crippen LogP contribution in [0.4, 0.5) is 0 Å². The zero-order valence-electron chi connectivity index (χ0n) is 18.2. The van der Waals surface area contributed by atoms with E-state index in [1.165, 1.54) is 5.56 Å². The summed E-state index contributed by atoms with van der Waals surface area (Å²) in [4.78, 5) is 27.2. The molecule has 1 N–H and O–H groups in total. The van der Waals surface area contributed by atoms with Crippen molar-refractivity contribution in [2.24, 2.45) is 0 Å². The molecule has 30 heavy (non-hydrogen) atoms. The fourth-order valence-corrected chi connectivity index (χ4v) is 3.51. The first-order chi connectivity index (χ1) is 14.3. The van der Waals surface area contributed by atoms with Gasteiger partial charge < -0.3 is 15.0 Å². The Morgan fingerprint density at radius 3 is 2.37 bits per heavy atom. The van der Waals surface area contributed by atoms with Crippen LogP contribution in [0.25, 0.3) is 0 Å². The van der Waals surface area contributed by atoms with Crippen LogP contribution in [-0.4, -0.2) is 35.9 Å². The van der Waals surface area contributed by atoms with Crippen LogP contribution in [0.1, 0.15) is 43.9 Å². The predicted molar refractivity (Wildman–Crippen MR) is 124 cm³/mol. The molecule has 0 aliphatic rings. The molecule has 162 valence electrons. The van der Waals surface area contributed by atoms with Crippen molar-refractivity contribution >= 4 is 27.7 Å². The van der Waals surface area contributed by atoms with Gasteiger partial charge in [0, 0.05) is 13.1 Å². The first-order valence-electron chi connectivity index (χ1n) is 10.4. The molecular weight excluding hydrogens is 444 g/mol. The van der Waals surface area contributed by atoms with E-state index < -0.39 is 6.04 Å². The van der Waals surface area contributed by atoms with Gasteiger partial charge in [-0.2, -0.15) is 0 Å². The van der Waals surface area contributed by atoms with E-state index in [1.807, 2.05) is 56.3 Å². The van der Waals surface area contributed by atoms with E-state index in [4.69, 9.17) is 4.74 Å². The normalized spacial score (nSPS) is 11.6. The molecule has 0 unspecified atom stereocenters. The lowest BCUT2D eigenvalue weighted by Gasteiger charge is -2.29. The zero-order chi connectivity index (χ0) is 22.1. The van der Waals surface area contributed by atoms with Crippen LogP contribution in [-0.2, 0) is 22.6 Å². The van der Waals surface area contributed by atoms with Crippen LogP contribution >= 0.6 is 15.9 Å². The Bertz CT molecular complexity index is 852. The molecule has 0 radical (unpaired) electrons. The number of ether oxygens (including phenoxy) is 1. The highest BCUT2D eigenvalue weighted by Gasteiger charge is 2.26. The Balaban J connectivity index is 2.14. The Labute approximate surface area is 187 Å². The summed E-state index contributed by atoms with van der Waals surface area (Å²) in [6, 6.07) is 13.2. The van der Waals surface area contributed by atoms with Crippen LogP contribution in [0.15, 0.2) is 46.9 Å². The lowest BCUT2D eigenvalue weighted by molar-refractivity contribution is -0.142. The molecule has 2 amide bonds. The molecule has 0 aliphatic heterocycles. The highest BCUT2D eigenvalue weighted by molar-refractivity contribution is 9.10. The molecule has 0 heterocycles. The van der Waals surface area contributed by atoms with Gasteiger partial charge in [-0.3, -0.25) is 9.59 Å². The number of rotatable bonds is 10. The van der Waals surface area contributed by atoms with Gasteiger partial charge >= 0.3 is 0 Å².